The summed E-state index contributed by atoms with van der Waals surface area (Å²) in [6, 6.07) is 7.76. The molecule has 1 N–H and O–H groups in total. The van der Waals surface area contributed by atoms with Crippen molar-refractivity contribution >= 4 is 11.8 Å². The first-order valence-electron chi connectivity index (χ1n) is 7.71. The Balaban J connectivity index is 1.63. The fourth-order valence-corrected chi connectivity index (χ4v) is 2.95. The van der Waals surface area contributed by atoms with Gasteiger partial charge in [-0.3, -0.25) is 9.59 Å². The molecular weight excluding hydrogens is 278 g/mol. The average Bonchev–Trinajstić information content (AvgIpc) is 2.54. The van der Waals surface area contributed by atoms with E-state index in [0.29, 0.717) is 12.0 Å². The number of carbonyl (C=O) groups is 2. The van der Waals surface area contributed by atoms with E-state index in [9.17, 15) is 9.59 Å². The van der Waals surface area contributed by atoms with E-state index in [0.717, 1.165) is 24.8 Å². The van der Waals surface area contributed by atoms with E-state index in [1.807, 2.05) is 24.3 Å². The van der Waals surface area contributed by atoms with Crippen LogP contribution in [0.5, 0.6) is 0 Å². The van der Waals surface area contributed by atoms with Crippen molar-refractivity contribution < 1.29 is 9.59 Å². The van der Waals surface area contributed by atoms with E-state index in [1.54, 1.807) is 6.08 Å². The van der Waals surface area contributed by atoms with Crippen molar-refractivity contribution in [1.29, 1.82) is 0 Å². The second-order valence-electron chi connectivity index (χ2n) is 5.79. The normalized spacial score (nSPS) is 23.7. The second-order valence-corrected chi connectivity index (χ2v) is 5.79. The molecule has 0 aromatic heterocycles. The number of aryl methyl sites for hydroxylation is 1. The number of hydrogen-bond acceptors (Lipinski definition) is 3. The summed E-state index contributed by atoms with van der Waals surface area (Å²) in [5.41, 5.74) is 2.87. The molecule has 0 spiro atoms. The number of rotatable bonds is 3. The molecule has 114 valence electrons. The highest BCUT2D eigenvalue weighted by Crippen LogP contribution is 2.29. The van der Waals surface area contributed by atoms with E-state index >= 15 is 0 Å². The van der Waals surface area contributed by atoms with Gasteiger partial charge in [0.05, 0.1) is 6.04 Å². The number of nitrogens with zero attached hydrogens (tertiary/aromatic N) is 2. The summed E-state index contributed by atoms with van der Waals surface area (Å²) in [5.74, 6) is -0.358. The molecule has 2 atom stereocenters. The Kier molecular flexibility index (Phi) is 4.13. The lowest BCUT2D eigenvalue weighted by Gasteiger charge is -2.30. The van der Waals surface area contributed by atoms with Crippen molar-refractivity contribution in [3.05, 3.63) is 47.0 Å². The van der Waals surface area contributed by atoms with Gasteiger partial charge >= 0.3 is 0 Å². The zero-order chi connectivity index (χ0) is 15.5. The summed E-state index contributed by atoms with van der Waals surface area (Å²) in [4.78, 5) is 23.6. The largest absolute Gasteiger partial charge is 0.349 e. The quantitative estimate of drug-likeness (QED) is 0.932. The Labute approximate surface area is 129 Å². The van der Waals surface area contributed by atoms with Crippen molar-refractivity contribution in [3.8, 4) is 0 Å². The maximum Gasteiger partial charge on any atom is 0.287 e. The highest BCUT2D eigenvalue weighted by atomic mass is 16.2. The van der Waals surface area contributed by atoms with Gasteiger partial charge in [-0.2, -0.15) is 5.11 Å². The second kappa shape index (κ2) is 6.22. The smallest absolute Gasteiger partial charge is 0.287 e. The summed E-state index contributed by atoms with van der Waals surface area (Å²) in [7, 11) is 0. The Bertz CT molecular complexity index is 646. The van der Waals surface area contributed by atoms with Crippen LogP contribution in [-0.2, 0) is 11.2 Å². The first kappa shape index (κ1) is 14.6. The molecule has 1 fully saturated rings. The number of hydrogen-bond donors (Lipinski definition) is 1. The number of benzene rings is 1. The van der Waals surface area contributed by atoms with Crippen LogP contribution in [-0.4, -0.2) is 23.9 Å². The van der Waals surface area contributed by atoms with Crippen LogP contribution in [0.15, 0.2) is 46.1 Å². The first-order chi connectivity index (χ1) is 10.7. The SMILES string of the molecule is CCc1ccc(C(=O)NC2CCC3N=NC(=O)C=C3C2)cc1. The predicted molar refractivity (Wildman–Crippen MR) is 82.7 cm³/mol. The minimum atomic E-state index is -0.298. The van der Waals surface area contributed by atoms with Crippen LogP contribution in [0.25, 0.3) is 0 Å². The molecule has 3 rings (SSSR count). The molecule has 0 bridgehead atoms. The minimum absolute atomic E-state index is 0.0229. The van der Waals surface area contributed by atoms with Crippen LogP contribution >= 0.6 is 0 Å². The highest BCUT2D eigenvalue weighted by molar-refractivity contribution is 5.94. The van der Waals surface area contributed by atoms with Crippen LogP contribution in [0.1, 0.15) is 42.1 Å². The van der Waals surface area contributed by atoms with E-state index in [2.05, 4.69) is 22.5 Å². The van der Waals surface area contributed by atoms with Gasteiger partial charge in [-0.1, -0.05) is 19.1 Å². The van der Waals surface area contributed by atoms with Gasteiger partial charge < -0.3 is 5.32 Å². The van der Waals surface area contributed by atoms with Crippen molar-refractivity contribution in [2.24, 2.45) is 10.2 Å². The molecule has 1 saturated carbocycles. The van der Waals surface area contributed by atoms with Gasteiger partial charge in [0.2, 0.25) is 0 Å². The van der Waals surface area contributed by atoms with Gasteiger partial charge in [0.15, 0.2) is 0 Å². The van der Waals surface area contributed by atoms with Gasteiger partial charge in [0, 0.05) is 17.7 Å². The summed E-state index contributed by atoms with van der Waals surface area (Å²) < 4.78 is 0. The maximum atomic E-state index is 12.3. The number of amides is 2. The molecule has 0 radical (unpaired) electrons. The fourth-order valence-electron chi connectivity index (χ4n) is 2.95. The average molecular weight is 297 g/mol. The Morgan fingerprint density at radius 1 is 1.27 bits per heavy atom. The first-order valence-corrected chi connectivity index (χ1v) is 7.71. The third kappa shape index (κ3) is 3.13. The summed E-state index contributed by atoms with van der Waals surface area (Å²) in [6.07, 6.45) is 4.87. The van der Waals surface area contributed by atoms with E-state index < -0.39 is 0 Å². The zero-order valence-electron chi connectivity index (χ0n) is 12.6. The molecule has 1 aliphatic heterocycles. The molecule has 1 aromatic rings. The standard InChI is InChI=1S/C17H19N3O2/c1-2-11-3-5-12(6-4-11)17(22)18-14-7-8-15-13(9-14)10-16(21)20-19-15/h3-6,10,14-15H,2,7-9H2,1H3,(H,18,22). The van der Waals surface area contributed by atoms with Gasteiger partial charge in [0.1, 0.15) is 0 Å². The summed E-state index contributed by atoms with van der Waals surface area (Å²) in [5, 5.41) is 10.7. The number of fused-ring (bicyclic) bond motifs is 1. The maximum absolute atomic E-state index is 12.3. The monoisotopic (exact) mass is 297 g/mol. The fraction of sp³-hybridized carbons (Fsp3) is 0.412. The Morgan fingerprint density at radius 2 is 2.05 bits per heavy atom. The van der Waals surface area contributed by atoms with Crippen LogP contribution in [0.2, 0.25) is 0 Å². The molecule has 2 amide bonds. The lowest BCUT2D eigenvalue weighted by molar-refractivity contribution is -0.114. The van der Waals surface area contributed by atoms with Gasteiger partial charge in [-0.15, -0.1) is 5.11 Å². The van der Waals surface area contributed by atoms with Crippen molar-refractivity contribution in [2.75, 3.05) is 0 Å². The van der Waals surface area contributed by atoms with Crippen LogP contribution < -0.4 is 5.32 Å². The topological polar surface area (TPSA) is 70.9 Å². The predicted octanol–water partition coefficient (Wildman–Crippen LogP) is 2.82. The molecule has 22 heavy (non-hydrogen) atoms. The van der Waals surface area contributed by atoms with Crippen LogP contribution in [0, 0.1) is 0 Å². The van der Waals surface area contributed by atoms with Gasteiger partial charge in [-0.25, -0.2) is 0 Å². The number of azo groups is 1. The van der Waals surface area contributed by atoms with Crippen molar-refractivity contribution in [1.82, 2.24) is 5.32 Å². The van der Waals surface area contributed by atoms with Gasteiger partial charge in [-0.05, 0) is 49.0 Å². The summed E-state index contributed by atoms with van der Waals surface area (Å²) >= 11 is 0. The van der Waals surface area contributed by atoms with Crippen LogP contribution in [0.3, 0.4) is 0 Å². The molecular formula is C17H19N3O2. The minimum Gasteiger partial charge on any atom is -0.349 e. The van der Waals surface area contributed by atoms with Crippen molar-refractivity contribution in [2.45, 2.75) is 44.7 Å². The van der Waals surface area contributed by atoms with E-state index in [1.165, 1.54) is 5.56 Å². The molecule has 5 heteroatoms. The lowest BCUT2D eigenvalue weighted by atomic mass is 9.86. The van der Waals surface area contributed by atoms with E-state index in [4.69, 9.17) is 0 Å². The van der Waals surface area contributed by atoms with Gasteiger partial charge in [0.25, 0.3) is 11.8 Å². The molecule has 2 aliphatic rings. The highest BCUT2D eigenvalue weighted by Gasteiger charge is 2.29. The third-order valence-electron chi connectivity index (χ3n) is 4.26. The Morgan fingerprint density at radius 3 is 2.77 bits per heavy atom. The molecule has 0 saturated heterocycles. The molecule has 1 heterocycles. The van der Waals surface area contributed by atoms with E-state index in [-0.39, 0.29) is 23.9 Å². The Hall–Kier alpha value is -2.30. The zero-order valence-corrected chi connectivity index (χ0v) is 12.6. The summed E-state index contributed by atoms with van der Waals surface area (Å²) in [6.45, 7) is 2.09. The lowest BCUT2D eigenvalue weighted by Crippen LogP contribution is -2.39. The van der Waals surface area contributed by atoms with Crippen molar-refractivity contribution in [3.63, 3.8) is 0 Å². The molecule has 2 unspecified atom stereocenters. The number of nitrogens with one attached hydrogen (secondary N) is 1. The molecule has 1 aromatic carbocycles. The van der Waals surface area contributed by atoms with Crippen LogP contribution in [0.4, 0.5) is 0 Å². The molecule has 5 nitrogen and oxygen atoms in total. The number of carbonyl (C=O) groups excluding carboxylic acids is 2. The third-order valence-corrected chi connectivity index (χ3v) is 4.26. The molecule has 1 aliphatic carbocycles.